The minimum absolute atomic E-state index is 0.543. The molecule has 0 aliphatic heterocycles. The van der Waals surface area contributed by atoms with Crippen LogP contribution in [-0.4, -0.2) is 20.3 Å². The largest absolute Gasteiger partial charge is 0.385 e. The Kier molecular flexibility index (Phi) is 5.21. The summed E-state index contributed by atoms with van der Waals surface area (Å²) in [5.74, 6) is -1.61. The molecule has 0 saturated heterocycles. The molecule has 1 rings (SSSR count). The van der Waals surface area contributed by atoms with Gasteiger partial charge in [-0.25, -0.2) is 8.78 Å². The summed E-state index contributed by atoms with van der Waals surface area (Å²) < 4.78 is 30.2. The normalized spacial score (nSPS) is 10.6. The Morgan fingerprint density at radius 3 is 2.73 bits per heavy atom. The van der Waals surface area contributed by atoms with Crippen molar-refractivity contribution in [3.05, 3.63) is 35.4 Å². The monoisotopic (exact) mass is 215 g/mol. The second-order valence-electron chi connectivity index (χ2n) is 3.27. The van der Waals surface area contributed by atoms with E-state index >= 15 is 0 Å². The van der Waals surface area contributed by atoms with Crippen LogP contribution in [0.5, 0.6) is 0 Å². The van der Waals surface area contributed by atoms with Gasteiger partial charge in [0.05, 0.1) is 0 Å². The fourth-order valence-electron chi connectivity index (χ4n) is 1.22. The van der Waals surface area contributed by atoms with Gasteiger partial charge < -0.3 is 10.1 Å². The summed E-state index contributed by atoms with van der Waals surface area (Å²) in [7, 11) is 1.65. The van der Waals surface area contributed by atoms with Crippen LogP contribution in [-0.2, 0) is 11.3 Å². The number of methoxy groups -OCH3 is 1. The van der Waals surface area contributed by atoms with Crippen molar-refractivity contribution in [3.63, 3.8) is 0 Å². The smallest absolute Gasteiger partial charge is 0.159 e. The van der Waals surface area contributed by atoms with Crippen molar-refractivity contribution in [1.82, 2.24) is 5.32 Å². The molecular weight excluding hydrogens is 200 g/mol. The number of rotatable bonds is 6. The summed E-state index contributed by atoms with van der Waals surface area (Å²) >= 11 is 0. The molecule has 1 aromatic carbocycles. The van der Waals surface area contributed by atoms with Gasteiger partial charge in [-0.2, -0.15) is 0 Å². The molecular formula is C11H15F2NO. The molecule has 0 spiro atoms. The summed E-state index contributed by atoms with van der Waals surface area (Å²) in [5.41, 5.74) is 0.742. The predicted octanol–water partition coefficient (Wildman–Crippen LogP) is 2.09. The number of benzene rings is 1. The lowest BCUT2D eigenvalue weighted by Crippen LogP contribution is -2.16. The SMILES string of the molecule is COCCCNCc1ccc(F)c(F)c1. The molecule has 0 amide bonds. The van der Waals surface area contributed by atoms with Crippen LogP contribution in [0.3, 0.4) is 0 Å². The van der Waals surface area contributed by atoms with E-state index in [2.05, 4.69) is 5.32 Å². The molecule has 0 atom stereocenters. The molecule has 0 aliphatic rings. The Bertz CT molecular complexity index is 305. The van der Waals surface area contributed by atoms with Crippen LogP contribution in [0.15, 0.2) is 18.2 Å². The average Bonchev–Trinajstić information content (AvgIpc) is 2.23. The molecule has 4 heteroatoms. The van der Waals surface area contributed by atoms with Gasteiger partial charge in [-0.3, -0.25) is 0 Å². The van der Waals surface area contributed by atoms with Crippen LogP contribution in [0.25, 0.3) is 0 Å². The summed E-state index contributed by atoms with van der Waals surface area (Å²) in [6.45, 7) is 2.04. The minimum atomic E-state index is -0.807. The molecule has 1 N–H and O–H groups in total. The third kappa shape index (κ3) is 4.36. The zero-order chi connectivity index (χ0) is 11.1. The molecule has 0 aromatic heterocycles. The van der Waals surface area contributed by atoms with Gasteiger partial charge in [0.15, 0.2) is 11.6 Å². The number of halogens is 2. The highest BCUT2D eigenvalue weighted by Crippen LogP contribution is 2.08. The third-order valence-corrected chi connectivity index (χ3v) is 2.02. The fraction of sp³-hybridized carbons (Fsp3) is 0.455. The summed E-state index contributed by atoms with van der Waals surface area (Å²) in [6.07, 6.45) is 0.903. The van der Waals surface area contributed by atoms with Crippen molar-refractivity contribution in [3.8, 4) is 0 Å². The second-order valence-corrected chi connectivity index (χ2v) is 3.27. The van der Waals surface area contributed by atoms with E-state index in [4.69, 9.17) is 4.74 Å². The quantitative estimate of drug-likeness (QED) is 0.734. The van der Waals surface area contributed by atoms with Crippen molar-refractivity contribution < 1.29 is 13.5 Å². The zero-order valence-corrected chi connectivity index (χ0v) is 8.72. The Hall–Kier alpha value is -1.00. The standard InChI is InChI=1S/C11H15F2NO/c1-15-6-2-5-14-8-9-3-4-10(12)11(13)7-9/h3-4,7,14H,2,5-6,8H2,1H3. The highest BCUT2D eigenvalue weighted by Gasteiger charge is 2.01. The van der Waals surface area contributed by atoms with E-state index in [1.54, 1.807) is 13.2 Å². The highest BCUT2D eigenvalue weighted by atomic mass is 19.2. The minimum Gasteiger partial charge on any atom is -0.385 e. The number of ether oxygens (including phenoxy) is 1. The van der Waals surface area contributed by atoms with Gasteiger partial charge in [0, 0.05) is 20.3 Å². The van der Waals surface area contributed by atoms with Crippen molar-refractivity contribution in [2.24, 2.45) is 0 Å². The molecule has 0 saturated carbocycles. The molecule has 0 unspecified atom stereocenters. The fourth-order valence-corrected chi connectivity index (χ4v) is 1.22. The summed E-state index contributed by atoms with van der Waals surface area (Å²) in [4.78, 5) is 0. The molecule has 2 nitrogen and oxygen atoms in total. The molecule has 0 fully saturated rings. The zero-order valence-electron chi connectivity index (χ0n) is 8.72. The van der Waals surface area contributed by atoms with Crippen LogP contribution in [0, 0.1) is 11.6 Å². The Morgan fingerprint density at radius 2 is 2.07 bits per heavy atom. The van der Waals surface area contributed by atoms with Crippen LogP contribution < -0.4 is 5.32 Å². The first-order chi connectivity index (χ1) is 7.24. The van der Waals surface area contributed by atoms with Gasteiger partial charge >= 0.3 is 0 Å². The van der Waals surface area contributed by atoms with E-state index in [1.165, 1.54) is 6.07 Å². The van der Waals surface area contributed by atoms with Gasteiger partial charge in [0.2, 0.25) is 0 Å². The maximum atomic E-state index is 12.8. The van der Waals surface area contributed by atoms with Crippen molar-refractivity contribution in [1.29, 1.82) is 0 Å². The molecule has 15 heavy (non-hydrogen) atoms. The molecule has 84 valence electrons. The predicted molar refractivity (Wildman–Crippen MR) is 54.6 cm³/mol. The van der Waals surface area contributed by atoms with Crippen LogP contribution in [0.1, 0.15) is 12.0 Å². The average molecular weight is 215 g/mol. The summed E-state index contributed by atoms with van der Waals surface area (Å²) in [6, 6.07) is 3.92. The highest BCUT2D eigenvalue weighted by molar-refractivity contribution is 5.17. The van der Waals surface area contributed by atoms with Crippen LogP contribution in [0.4, 0.5) is 8.78 Å². The Labute approximate surface area is 88.3 Å². The van der Waals surface area contributed by atoms with E-state index in [0.29, 0.717) is 13.2 Å². The molecule has 1 aromatic rings. The second kappa shape index (κ2) is 6.48. The topological polar surface area (TPSA) is 21.3 Å². The van der Waals surface area contributed by atoms with E-state index < -0.39 is 11.6 Å². The number of hydrogen-bond acceptors (Lipinski definition) is 2. The van der Waals surface area contributed by atoms with Gasteiger partial charge in [-0.05, 0) is 30.7 Å². The van der Waals surface area contributed by atoms with Crippen molar-refractivity contribution in [2.45, 2.75) is 13.0 Å². The van der Waals surface area contributed by atoms with Gasteiger partial charge in [0.1, 0.15) is 0 Å². The van der Waals surface area contributed by atoms with Crippen molar-refractivity contribution in [2.75, 3.05) is 20.3 Å². The molecule has 0 aliphatic carbocycles. The van der Waals surface area contributed by atoms with Crippen molar-refractivity contribution >= 4 is 0 Å². The number of hydrogen-bond donors (Lipinski definition) is 1. The molecule has 0 heterocycles. The van der Waals surface area contributed by atoms with Gasteiger partial charge in [-0.15, -0.1) is 0 Å². The van der Waals surface area contributed by atoms with E-state index in [0.717, 1.165) is 24.6 Å². The lowest BCUT2D eigenvalue weighted by atomic mass is 10.2. The van der Waals surface area contributed by atoms with E-state index in [-0.39, 0.29) is 0 Å². The maximum absolute atomic E-state index is 12.8. The van der Waals surface area contributed by atoms with Crippen LogP contribution in [0.2, 0.25) is 0 Å². The first-order valence-corrected chi connectivity index (χ1v) is 4.87. The maximum Gasteiger partial charge on any atom is 0.159 e. The first-order valence-electron chi connectivity index (χ1n) is 4.87. The molecule has 0 radical (unpaired) electrons. The summed E-state index contributed by atoms with van der Waals surface area (Å²) in [5, 5.41) is 3.11. The third-order valence-electron chi connectivity index (χ3n) is 2.02. The van der Waals surface area contributed by atoms with E-state index in [1.807, 2.05) is 0 Å². The van der Waals surface area contributed by atoms with Gasteiger partial charge in [0.25, 0.3) is 0 Å². The first kappa shape index (κ1) is 12.1. The lowest BCUT2D eigenvalue weighted by molar-refractivity contribution is 0.194. The Balaban J connectivity index is 2.28. The van der Waals surface area contributed by atoms with Crippen LogP contribution >= 0.6 is 0 Å². The van der Waals surface area contributed by atoms with E-state index in [9.17, 15) is 8.78 Å². The Morgan fingerprint density at radius 1 is 1.27 bits per heavy atom. The number of nitrogens with one attached hydrogen (secondary N) is 1. The van der Waals surface area contributed by atoms with Gasteiger partial charge in [-0.1, -0.05) is 6.07 Å². The lowest BCUT2D eigenvalue weighted by Gasteiger charge is -2.04. The molecule has 0 bridgehead atoms.